The lowest BCUT2D eigenvalue weighted by Gasteiger charge is -2.32. The quantitative estimate of drug-likeness (QED) is 0.0765. The molecule has 8 N–H and O–H groups in total. The van der Waals surface area contributed by atoms with Gasteiger partial charge in [-0.15, -0.1) is 74.4 Å². The Bertz CT molecular complexity index is 1170. The monoisotopic (exact) mass is 824 g/mol. The zero-order valence-corrected chi connectivity index (χ0v) is 33.1. The smallest absolute Gasteiger partial charge is 0.261 e. The molecule has 2 aromatic carbocycles. The van der Waals surface area contributed by atoms with Crippen molar-refractivity contribution < 1.29 is 19.2 Å². The predicted molar refractivity (Wildman–Crippen MR) is 215 cm³/mol. The third-order valence-corrected chi connectivity index (χ3v) is 8.06. The molecule has 0 bridgehead atoms. The van der Waals surface area contributed by atoms with Gasteiger partial charge in [0, 0.05) is 46.1 Å². The number of imide groups is 2. The van der Waals surface area contributed by atoms with E-state index in [1.54, 1.807) is 24.3 Å². The summed E-state index contributed by atoms with van der Waals surface area (Å²) < 4.78 is 0. The van der Waals surface area contributed by atoms with Crippen molar-refractivity contribution >= 4 is 109 Å². The molecular formula is C32H54Cl6N8O4. The largest absolute Gasteiger partial charge is 0.330 e. The van der Waals surface area contributed by atoms with Crippen LogP contribution in [-0.4, -0.2) is 112 Å². The van der Waals surface area contributed by atoms with Crippen molar-refractivity contribution in [3.63, 3.8) is 0 Å². The summed E-state index contributed by atoms with van der Waals surface area (Å²) in [5.41, 5.74) is 12.4. The Kier molecular flexibility index (Phi) is 29.6. The van der Waals surface area contributed by atoms with Crippen molar-refractivity contribution in [2.45, 2.75) is 38.5 Å². The lowest BCUT2D eigenvalue weighted by molar-refractivity contribution is 0.0587. The first kappa shape index (κ1) is 52.8. The fraction of sp³-hybridized carbons (Fsp3) is 0.562. The van der Waals surface area contributed by atoms with Crippen molar-refractivity contribution in [3.8, 4) is 0 Å². The number of amides is 4. The molecule has 50 heavy (non-hydrogen) atoms. The molecule has 0 spiro atoms. The zero-order valence-electron chi connectivity index (χ0n) is 28.2. The van der Waals surface area contributed by atoms with Crippen molar-refractivity contribution in [2.24, 2.45) is 11.5 Å². The number of carbonyl (C=O) groups excluding carboxylic acids is 4. The van der Waals surface area contributed by atoms with Crippen LogP contribution < -0.4 is 32.7 Å². The minimum atomic E-state index is -0.390. The van der Waals surface area contributed by atoms with Gasteiger partial charge in [0.05, 0.1) is 0 Å². The first-order valence-electron chi connectivity index (χ1n) is 16.1. The molecule has 2 aliphatic rings. The summed E-state index contributed by atoms with van der Waals surface area (Å²) in [6.07, 6.45) is 5.13. The van der Waals surface area contributed by atoms with Crippen LogP contribution in [0.1, 0.15) is 80.0 Å². The molecule has 0 atom stereocenters. The maximum atomic E-state index is 13.4. The minimum absolute atomic E-state index is 0. The van der Waals surface area contributed by atoms with Gasteiger partial charge in [0.25, 0.3) is 23.6 Å². The normalized spacial score (nSPS) is 12.7. The van der Waals surface area contributed by atoms with E-state index in [2.05, 4.69) is 21.3 Å². The number of nitrogens with one attached hydrogen (secondary N) is 4. The number of hydrogen-bond donors (Lipinski definition) is 6. The van der Waals surface area contributed by atoms with E-state index in [0.717, 1.165) is 65.0 Å². The minimum Gasteiger partial charge on any atom is -0.330 e. The molecule has 2 aliphatic heterocycles. The van der Waals surface area contributed by atoms with Crippen molar-refractivity contribution in [3.05, 3.63) is 46.5 Å². The number of nitrogens with two attached hydrogens (primary N) is 2. The van der Waals surface area contributed by atoms with Crippen molar-refractivity contribution in [1.82, 2.24) is 31.1 Å². The second kappa shape index (κ2) is 28.0. The Balaban J connectivity index is -0.00000368. The third kappa shape index (κ3) is 13.5. The van der Waals surface area contributed by atoms with E-state index in [-0.39, 0.29) is 87.5 Å². The molecule has 4 rings (SSSR count). The maximum Gasteiger partial charge on any atom is 0.261 e. The van der Waals surface area contributed by atoms with Gasteiger partial charge in [0.15, 0.2) is 0 Å². The molecule has 0 fully saturated rings. The van der Waals surface area contributed by atoms with Crippen LogP contribution in [-0.2, 0) is 0 Å². The van der Waals surface area contributed by atoms with E-state index in [0.29, 0.717) is 72.0 Å². The fourth-order valence-electron chi connectivity index (χ4n) is 5.74. The van der Waals surface area contributed by atoms with Crippen LogP contribution in [0.5, 0.6) is 0 Å². The van der Waals surface area contributed by atoms with Crippen molar-refractivity contribution in [1.29, 1.82) is 0 Å². The first-order valence-corrected chi connectivity index (χ1v) is 16.1. The van der Waals surface area contributed by atoms with Gasteiger partial charge in [-0.05, 0) is 128 Å². The van der Waals surface area contributed by atoms with Crippen LogP contribution in [0.15, 0.2) is 24.3 Å². The van der Waals surface area contributed by atoms with E-state index >= 15 is 0 Å². The Hall–Kier alpha value is -1.52. The summed E-state index contributed by atoms with van der Waals surface area (Å²) >= 11 is 0. The summed E-state index contributed by atoms with van der Waals surface area (Å²) in [5, 5.41) is 14.2. The van der Waals surface area contributed by atoms with E-state index < -0.39 is 23.6 Å². The van der Waals surface area contributed by atoms with E-state index in [1.165, 1.54) is 9.80 Å². The maximum absolute atomic E-state index is 13.4. The highest BCUT2D eigenvalue weighted by Crippen LogP contribution is 2.37. The zero-order chi connectivity index (χ0) is 31.3. The molecule has 2 aromatic rings. The number of nitrogens with zero attached hydrogens (tertiary/aromatic N) is 2. The Labute approximate surface area is 332 Å². The van der Waals surface area contributed by atoms with Gasteiger partial charge >= 0.3 is 0 Å². The summed E-state index contributed by atoms with van der Waals surface area (Å²) in [6, 6.07) is 6.49. The second-order valence-electron chi connectivity index (χ2n) is 11.3. The second-order valence-corrected chi connectivity index (χ2v) is 11.3. The van der Waals surface area contributed by atoms with Crippen LogP contribution in [0.3, 0.4) is 0 Å². The lowest BCUT2D eigenvalue weighted by atomic mass is 9.86. The average Bonchev–Trinajstić information content (AvgIpc) is 3.03. The van der Waals surface area contributed by atoms with Crippen LogP contribution in [0, 0.1) is 0 Å². The lowest BCUT2D eigenvalue weighted by Crippen LogP contribution is -2.44. The molecule has 18 heteroatoms. The van der Waals surface area contributed by atoms with Crippen LogP contribution >= 0.6 is 74.4 Å². The highest BCUT2D eigenvalue weighted by Gasteiger charge is 2.39. The summed E-state index contributed by atoms with van der Waals surface area (Å²) in [5.74, 6) is -1.56. The Morgan fingerprint density at radius 1 is 0.400 bits per heavy atom. The molecule has 0 saturated heterocycles. The topological polar surface area (TPSA) is 175 Å². The molecule has 0 saturated carbocycles. The van der Waals surface area contributed by atoms with Gasteiger partial charge < -0.3 is 32.7 Å². The first-order chi connectivity index (χ1) is 21.5. The Morgan fingerprint density at radius 2 is 0.640 bits per heavy atom. The van der Waals surface area contributed by atoms with Crippen molar-refractivity contribution in [2.75, 3.05) is 78.5 Å². The van der Waals surface area contributed by atoms with Crippen LogP contribution in [0.2, 0.25) is 0 Å². The molecule has 0 unspecified atom stereocenters. The third-order valence-electron chi connectivity index (χ3n) is 8.06. The molecular weight excluding hydrogens is 773 g/mol. The van der Waals surface area contributed by atoms with Gasteiger partial charge in [0.1, 0.15) is 0 Å². The SMILES string of the molecule is Cl.Cl.Cl.Cl.Cl.Cl.NCCCNCCCNCCCN1C(=O)c2ccc3c4c(ccc(c24)C1=O)C(=O)N(CCCNCCCNCCCN)C3=O. The molecule has 0 radical (unpaired) electrons. The summed E-state index contributed by atoms with van der Waals surface area (Å²) in [6.45, 7) is 8.65. The van der Waals surface area contributed by atoms with Gasteiger partial charge in [-0.3, -0.25) is 29.0 Å². The molecule has 0 aromatic heterocycles. The molecule has 0 aliphatic carbocycles. The van der Waals surface area contributed by atoms with E-state index in [4.69, 9.17) is 11.5 Å². The highest BCUT2D eigenvalue weighted by atomic mass is 35.5. The van der Waals surface area contributed by atoms with Gasteiger partial charge in [-0.2, -0.15) is 0 Å². The number of rotatable bonds is 22. The van der Waals surface area contributed by atoms with E-state index in [1.807, 2.05) is 0 Å². The van der Waals surface area contributed by atoms with Gasteiger partial charge in [-0.25, -0.2) is 0 Å². The number of benzene rings is 2. The molecule has 12 nitrogen and oxygen atoms in total. The number of hydrogen-bond acceptors (Lipinski definition) is 10. The van der Waals surface area contributed by atoms with Crippen LogP contribution in [0.25, 0.3) is 10.8 Å². The highest BCUT2D eigenvalue weighted by molar-refractivity contribution is 6.33. The molecule has 288 valence electrons. The van der Waals surface area contributed by atoms with E-state index in [9.17, 15) is 19.2 Å². The molecule has 4 amide bonds. The summed E-state index contributed by atoms with van der Waals surface area (Å²) in [7, 11) is 0. The molecule has 2 heterocycles. The number of halogens is 6. The van der Waals surface area contributed by atoms with Crippen LogP contribution in [0.4, 0.5) is 0 Å². The summed E-state index contributed by atoms with van der Waals surface area (Å²) in [4.78, 5) is 56.3. The standard InChI is InChI=1S/C32H48N8O4.6ClH/c33-11-1-13-35-15-3-17-37-19-5-21-39-29(41)23-7-9-25-28-26(10-8-24(27(23)28)30(39)42)32(44)40(31(25)43)22-6-20-38-18-4-16-36-14-2-12-34;;;;;;/h7-10,35-38H,1-6,11-22,33-34H2;6*1H. The Morgan fingerprint density at radius 3 is 0.900 bits per heavy atom. The van der Waals surface area contributed by atoms with Gasteiger partial charge in [-0.1, -0.05) is 0 Å². The number of carbonyl (C=O) groups is 4. The van der Waals surface area contributed by atoms with Gasteiger partial charge in [0.2, 0.25) is 0 Å². The average molecular weight is 828 g/mol. The predicted octanol–water partition coefficient (Wildman–Crippen LogP) is 3.18. The fourth-order valence-corrected chi connectivity index (χ4v) is 5.74.